The van der Waals surface area contributed by atoms with Crippen molar-refractivity contribution in [3.05, 3.63) is 71.8 Å². The Balaban J connectivity index is 2.05. The highest BCUT2D eigenvalue weighted by molar-refractivity contribution is 7.07. The second-order valence-corrected chi connectivity index (χ2v) is 9.58. The first-order valence-corrected chi connectivity index (χ1v) is 11.1. The molecule has 0 aliphatic rings. The first-order valence-electron chi connectivity index (χ1n) is 10.3. The van der Waals surface area contributed by atoms with Crippen LogP contribution in [0.4, 0.5) is 10.5 Å². The highest BCUT2D eigenvalue weighted by Crippen LogP contribution is 2.24. The van der Waals surface area contributed by atoms with Gasteiger partial charge >= 0.3 is 6.03 Å². The van der Waals surface area contributed by atoms with Crippen LogP contribution in [0.5, 0.6) is 0 Å². The average Bonchev–Trinajstić information content (AvgIpc) is 3.33. The second kappa shape index (κ2) is 9.89. The fourth-order valence-electron chi connectivity index (χ4n) is 2.90. The van der Waals surface area contributed by atoms with E-state index in [-0.39, 0.29) is 20.7 Å². The van der Waals surface area contributed by atoms with E-state index >= 15 is 0 Å². The lowest BCUT2D eigenvalue weighted by Gasteiger charge is -2.12. The number of non-ortho nitro benzene ring substituents is 1. The van der Waals surface area contributed by atoms with Crippen LogP contribution < -0.4 is 25.8 Å². The number of nitrogens with zero attached hydrogens (tertiary/aromatic N) is 2. The Morgan fingerprint density at radius 2 is 1.83 bits per heavy atom. The van der Waals surface area contributed by atoms with E-state index in [0.717, 1.165) is 15.9 Å². The van der Waals surface area contributed by atoms with Gasteiger partial charge in [-0.25, -0.2) is 4.79 Å². The van der Waals surface area contributed by atoms with Crippen molar-refractivity contribution >= 4 is 46.9 Å². The number of hydrogen-bond donors (Lipinski definition) is 2. The Bertz CT molecular complexity index is 1490. The minimum Gasteiger partial charge on any atom is -0.457 e. The second-order valence-electron chi connectivity index (χ2n) is 8.52. The van der Waals surface area contributed by atoms with E-state index in [2.05, 4.69) is 0 Å². The minimum atomic E-state index is -1.06. The molecule has 3 rings (SSSR count). The van der Waals surface area contributed by atoms with Gasteiger partial charge in [0.05, 0.1) is 9.46 Å². The number of nitro benzene ring substituents is 1. The van der Waals surface area contributed by atoms with Crippen LogP contribution in [0, 0.1) is 15.5 Å². The average molecular weight is 499 g/mol. The van der Waals surface area contributed by atoms with Gasteiger partial charge < -0.3 is 10.2 Å². The van der Waals surface area contributed by atoms with E-state index < -0.39 is 34.4 Å². The summed E-state index contributed by atoms with van der Waals surface area (Å²) in [7, 11) is 0. The molecule has 3 amide bonds. The number of benzene rings is 1. The summed E-state index contributed by atoms with van der Waals surface area (Å²) in [5.41, 5.74) is 4.24. The lowest BCUT2D eigenvalue weighted by atomic mass is 9.91. The number of primary amides is 1. The largest absolute Gasteiger partial charge is 0.457 e. The molecule has 3 N–H and O–H groups in total. The summed E-state index contributed by atoms with van der Waals surface area (Å²) in [6.07, 6.45) is 2.74. The molecule has 0 fully saturated rings. The quantitative estimate of drug-likeness (QED) is 0.383. The molecule has 0 aliphatic carbocycles. The molecule has 1 aromatic carbocycles. The SMILES string of the molecule is CC(C)(C)C(=O)/C=c1/s/c(=C/c2ccc(-c3ccc([N+](=O)[O-])cc3)o2)c(=O)n1CC(=O)NC(N)=O. The molecule has 0 saturated carbocycles. The first kappa shape index (κ1) is 25.3. The predicted octanol–water partition coefficient (Wildman–Crippen LogP) is 1.50. The molecule has 0 spiro atoms. The Labute approximate surface area is 202 Å². The number of hydrogen-bond acceptors (Lipinski definition) is 8. The highest BCUT2D eigenvalue weighted by Gasteiger charge is 2.20. The number of nitrogens with two attached hydrogens (primary N) is 1. The normalized spacial score (nSPS) is 12.5. The topological polar surface area (TPSA) is 168 Å². The molecule has 2 aromatic heterocycles. The van der Waals surface area contributed by atoms with Crippen LogP contribution in [0.2, 0.25) is 0 Å². The molecule has 0 radical (unpaired) electrons. The van der Waals surface area contributed by atoms with Crippen LogP contribution in [-0.2, 0) is 16.1 Å². The number of ketones is 1. The molecular formula is C23H22N4O7S. The molecule has 2 heterocycles. The van der Waals surface area contributed by atoms with E-state index in [1.54, 1.807) is 45.0 Å². The molecule has 0 atom stereocenters. The van der Waals surface area contributed by atoms with Crippen molar-refractivity contribution in [1.29, 1.82) is 0 Å². The third-order valence-electron chi connectivity index (χ3n) is 4.76. The van der Waals surface area contributed by atoms with Crippen LogP contribution in [0.15, 0.2) is 45.6 Å². The van der Waals surface area contributed by atoms with Crippen LogP contribution in [0.3, 0.4) is 0 Å². The molecule has 12 heteroatoms. The number of thiazole rings is 1. The van der Waals surface area contributed by atoms with Crippen molar-refractivity contribution in [2.45, 2.75) is 27.3 Å². The van der Waals surface area contributed by atoms with Gasteiger partial charge in [0.15, 0.2) is 5.78 Å². The van der Waals surface area contributed by atoms with Gasteiger partial charge in [-0.3, -0.25) is 34.4 Å². The number of furan rings is 1. The number of imide groups is 1. The summed E-state index contributed by atoms with van der Waals surface area (Å²) < 4.78 is 7.26. The van der Waals surface area contributed by atoms with E-state index in [9.17, 15) is 29.3 Å². The fourth-order valence-corrected chi connectivity index (χ4v) is 3.93. The Kier molecular flexibility index (Phi) is 7.15. The number of carbonyl (C=O) groups is 3. The number of carbonyl (C=O) groups excluding carboxylic acids is 3. The molecule has 0 saturated heterocycles. The zero-order chi connectivity index (χ0) is 25.9. The number of nitrogens with one attached hydrogen (secondary N) is 1. The summed E-state index contributed by atoms with van der Waals surface area (Å²) in [6.45, 7) is 4.65. The van der Waals surface area contributed by atoms with Crippen LogP contribution >= 0.6 is 11.3 Å². The highest BCUT2D eigenvalue weighted by atomic mass is 32.1. The van der Waals surface area contributed by atoms with Crippen LogP contribution in [0.1, 0.15) is 26.5 Å². The molecule has 182 valence electrons. The molecule has 0 bridgehead atoms. The molecule has 0 unspecified atom stereocenters. The third-order valence-corrected chi connectivity index (χ3v) is 5.82. The van der Waals surface area contributed by atoms with Gasteiger partial charge in [-0.2, -0.15) is 0 Å². The molecule has 3 aromatic rings. The van der Waals surface area contributed by atoms with Gasteiger partial charge in [-0.15, -0.1) is 11.3 Å². The van der Waals surface area contributed by atoms with Crippen molar-refractivity contribution in [2.75, 3.05) is 0 Å². The minimum absolute atomic E-state index is 0.0554. The molecule has 0 aliphatic heterocycles. The number of aromatic nitrogens is 1. The van der Waals surface area contributed by atoms with Crippen molar-refractivity contribution in [1.82, 2.24) is 9.88 Å². The van der Waals surface area contributed by atoms with Crippen molar-refractivity contribution in [3.63, 3.8) is 0 Å². The van der Waals surface area contributed by atoms with Gasteiger partial charge in [-0.05, 0) is 24.3 Å². The Morgan fingerprint density at radius 3 is 2.40 bits per heavy atom. The van der Waals surface area contributed by atoms with Gasteiger partial charge in [0.1, 0.15) is 22.7 Å². The zero-order valence-corrected chi connectivity index (χ0v) is 19.9. The lowest BCUT2D eigenvalue weighted by Crippen LogP contribution is -2.42. The summed E-state index contributed by atoms with van der Waals surface area (Å²) >= 11 is 0.984. The predicted molar refractivity (Wildman–Crippen MR) is 129 cm³/mol. The summed E-state index contributed by atoms with van der Waals surface area (Å²) in [4.78, 5) is 59.0. The summed E-state index contributed by atoms with van der Waals surface area (Å²) in [6, 6.07) is 7.99. The standard InChI is InChI=1S/C23H22N4O7S/c1-23(2,3)18(28)11-20-26(12-19(29)25-22(24)31)21(30)17(35-20)10-15-8-9-16(34-15)13-4-6-14(7-5-13)27(32)33/h4-11H,12H2,1-3H3,(H3,24,25,29,31)/b17-10+,20-11+. The fraction of sp³-hybridized carbons (Fsp3) is 0.217. The molecule has 11 nitrogen and oxygen atoms in total. The van der Waals surface area contributed by atoms with Gasteiger partial charge in [-0.1, -0.05) is 20.8 Å². The van der Waals surface area contributed by atoms with Crippen molar-refractivity contribution in [3.8, 4) is 11.3 Å². The Morgan fingerprint density at radius 1 is 1.17 bits per heavy atom. The number of urea groups is 1. The maximum Gasteiger partial charge on any atom is 0.318 e. The van der Waals surface area contributed by atoms with E-state index in [1.807, 2.05) is 5.32 Å². The third kappa shape index (κ3) is 6.18. The molecule has 35 heavy (non-hydrogen) atoms. The Hall–Kier alpha value is -4.32. The zero-order valence-electron chi connectivity index (χ0n) is 19.1. The van der Waals surface area contributed by atoms with E-state index in [1.165, 1.54) is 24.3 Å². The molecular weight excluding hydrogens is 476 g/mol. The van der Waals surface area contributed by atoms with Crippen LogP contribution in [0.25, 0.3) is 23.5 Å². The number of Topliss-reactive ketones (excluding diaryl/α,β-unsaturated/α-hetero) is 1. The maximum atomic E-state index is 13.0. The summed E-state index contributed by atoms with van der Waals surface area (Å²) in [5, 5.41) is 12.7. The van der Waals surface area contributed by atoms with Crippen molar-refractivity contribution < 1.29 is 23.7 Å². The number of amides is 3. The van der Waals surface area contributed by atoms with E-state index in [0.29, 0.717) is 17.1 Å². The number of nitro groups is 1. The number of rotatable bonds is 6. The van der Waals surface area contributed by atoms with E-state index in [4.69, 9.17) is 10.2 Å². The van der Waals surface area contributed by atoms with Gasteiger partial charge in [0.25, 0.3) is 11.2 Å². The van der Waals surface area contributed by atoms with Crippen LogP contribution in [-0.4, -0.2) is 27.2 Å². The lowest BCUT2D eigenvalue weighted by molar-refractivity contribution is -0.384. The maximum absolute atomic E-state index is 13.0. The van der Waals surface area contributed by atoms with Gasteiger partial charge in [0, 0.05) is 35.3 Å². The van der Waals surface area contributed by atoms with Crippen molar-refractivity contribution in [2.24, 2.45) is 11.1 Å². The van der Waals surface area contributed by atoms with Gasteiger partial charge in [0.2, 0.25) is 5.91 Å². The smallest absolute Gasteiger partial charge is 0.318 e. The monoisotopic (exact) mass is 498 g/mol. The first-order chi connectivity index (χ1) is 16.3. The summed E-state index contributed by atoms with van der Waals surface area (Å²) in [5.74, 6) is -0.314.